The van der Waals surface area contributed by atoms with Gasteiger partial charge in [-0.25, -0.2) is 4.39 Å². The largest absolute Gasteiger partial charge is 0.396 e. The van der Waals surface area contributed by atoms with E-state index in [1.165, 1.54) is 18.2 Å². The van der Waals surface area contributed by atoms with Gasteiger partial charge in [0.15, 0.2) is 0 Å². The minimum atomic E-state index is -0.891. The molecule has 1 amide bonds. The number of benzene rings is 1. The van der Waals surface area contributed by atoms with Gasteiger partial charge < -0.3 is 11.1 Å². The lowest BCUT2D eigenvalue weighted by Gasteiger charge is -2.07. The van der Waals surface area contributed by atoms with Crippen molar-refractivity contribution in [2.24, 2.45) is 0 Å². The zero-order chi connectivity index (χ0) is 14.4. The number of rotatable bonds is 6. The smallest absolute Gasteiger partial charge is 0.224 e. The van der Waals surface area contributed by atoms with Crippen molar-refractivity contribution in [1.82, 2.24) is 0 Å². The third-order valence-corrected chi connectivity index (χ3v) is 4.30. The van der Waals surface area contributed by atoms with Gasteiger partial charge in [-0.1, -0.05) is 13.8 Å². The van der Waals surface area contributed by atoms with Gasteiger partial charge >= 0.3 is 0 Å². The minimum Gasteiger partial charge on any atom is -0.396 e. The topological polar surface area (TPSA) is 72.2 Å². The SMILES string of the molecule is CC(C)S(=O)CCCC(=O)Nc1ccc(F)c(N)c1. The standard InChI is InChI=1S/C13H19FN2O2S/c1-9(2)19(18)7-3-4-13(17)16-10-5-6-11(14)12(15)8-10/h5-6,8-9H,3-4,7,15H2,1-2H3,(H,16,17). The van der Waals surface area contributed by atoms with Crippen molar-refractivity contribution < 1.29 is 13.4 Å². The molecule has 4 nitrogen and oxygen atoms in total. The van der Waals surface area contributed by atoms with Crippen molar-refractivity contribution in [1.29, 1.82) is 0 Å². The Morgan fingerprint density at radius 3 is 2.74 bits per heavy atom. The summed E-state index contributed by atoms with van der Waals surface area (Å²) in [6.07, 6.45) is 0.850. The van der Waals surface area contributed by atoms with Gasteiger partial charge in [-0.2, -0.15) is 0 Å². The lowest BCUT2D eigenvalue weighted by Crippen LogP contribution is -2.15. The monoisotopic (exact) mass is 286 g/mol. The first kappa shape index (κ1) is 15.6. The Kier molecular flexibility index (Phi) is 5.95. The number of hydrogen-bond donors (Lipinski definition) is 2. The molecule has 106 valence electrons. The van der Waals surface area contributed by atoms with Gasteiger partial charge in [-0.05, 0) is 24.6 Å². The molecule has 6 heteroatoms. The van der Waals surface area contributed by atoms with E-state index in [9.17, 15) is 13.4 Å². The van der Waals surface area contributed by atoms with Gasteiger partial charge in [0.1, 0.15) is 5.82 Å². The Morgan fingerprint density at radius 2 is 2.16 bits per heavy atom. The van der Waals surface area contributed by atoms with Gasteiger partial charge in [-0.3, -0.25) is 9.00 Å². The van der Waals surface area contributed by atoms with Crippen molar-refractivity contribution in [3.05, 3.63) is 24.0 Å². The van der Waals surface area contributed by atoms with Crippen LogP contribution in [0.3, 0.4) is 0 Å². The summed E-state index contributed by atoms with van der Waals surface area (Å²) in [7, 11) is -0.891. The van der Waals surface area contributed by atoms with E-state index in [1.807, 2.05) is 13.8 Å². The molecule has 0 radical (unpaired) electrons. The highest BCUT2D eigenvalue weighted by Crippen LogP contribution is 2.16. The van der Waals surface area contributed by atoms with Gasteiger partial charge in [0.05, 0.1) is 5.69 Å². The Morgan fingerprint density at radius 1 is 1.47 bits per heavy atom. The first-order valence-electron chi connectivity index (χ1n) is 6.12. The fraction of sp³-hybridized carbons (Fsp3) is 0.462. The summed E-state index contributed by atoms with van der Waals surface area (Å²) in [6.45, 7) is 3.77. The molecule has 1 rings (SSSR count). The number of hydrogen-bond acceptors (Lipinski definition) is 3. The second-order valence-corrected chi connectivity index (χ2v) is 6.63. The molecule has 3 N–H and O–H groups in total. The molecule has 0 heterocycles. The summed E-state index contributed by atoms with van der Waals surface area (Å²) in [5.41, 5.74) is 5.87. The molecule has 0 saturated carbocycles. The fourth-order valence-electron chi connectivity index (χ4n) is 1.46. The molecule has 0 aliphatic heterocycles. The van der Waals surface area contributed by atoms with Crippen LogP contribution in [0.2, 0.25) is 0 Å². The van der Waals surface area contributed by atoms with Crippen LogP contribution < -0.4 is 11.1 Å². The summed E-state index contributed by atoms with van der Waals surface area (Å²) < 4.78 is 24.4. The van der Waals surface area contributed by atoms with E-state index in [0.717, 1.165) is 0 Å². The number of nitrogen functional groups attached to an aromatic ring is 1. The average molecular weight is 286 g/mol. The van der Waals surface area contributed by atoms with Crippen LogP contribution in [0, 0.1) is 5.82 Å². The van der Waals surface area contributed by atoms with Crippen molar-refractivity contribution in [2.75, 3.05) is 16.8 Å². The molecule has 1 atom stereocenters. The number of halogens is 1. The summed E-state index contributed by atoms with van der Waals surface area (Å²) in [6, 6.07) is 4.04. The average Bonchev–Trinajstić information content (AvgIpc) is 2.33. The quantitative estimate of drug-likeness (QED) is 0.788. The van der Waals surface area contributed by atoms with E-state index in [4.69, 9.17) is 5.73 Å². The molecule has 0 bridgehead atoms. The van der Waals surface area contributed by atoms with E-state index >= 15 is 0 Å². The Labute approximate surface area is 115 Å². The Hall–Kier alpha value is -1.43. The summed E-state index contributed by atoms with van der Waals surface area (Å²) >= 11 is 0. The summed E-state index contributed by atoms with van der Waals surface area (Å²) in [5, 5.41) is 2.74. The molecule has 19 heavy (non-hydrogen) atoms. The van der Waals surface area contributed by atoms with E-state index in [1.54, 1.807) is 0 Å². The molecule has 0 aliphatic carbocycles. The number of amides is 1. The molecule has 0 fully saturated rings. The van der Waals surface area contributed by atoms with Gasteiger partial charge in [0.25, 0.3) is 0 Å². The fourth-order valence-corrected chi connectivity index (χ4v) is 2.36. The zero-order valence-corrected chi connectivity index (χ0v) is 11.9. The number of nitrogens with one attached hydrogen (secondary N) is 1. The maximum absolute atomic E-state index is 12.9. The second kappa shape index (κ2) is 7.23. The molecule has 0 saturated heterocycles. The first-order valence-corrected chi connectivity index (χ1v) is 7.50. The lowest BCUT2D eigenvalue weighted by atomic mass is 10.2. The molecule has 0 spiro atoms. The molecule has 1 aromatic carbocycles. The van der Waals surface area contributed by atoms with Crippen LogP contribution in [-0.4, -0.2) is 21.1 Å². The summed E-state index contributed by atoms with van der Waals surface area (Å²) in [4.78, 5) is 11.6. The molecule has 0 aliphatic rings. The van der Waals surface area contributed by atoms with Crippen LogP contribution in [0.5, 0.6) is 0 Å². The third-order valence-electron chi connectivity index (χ3n) is 2.55. The van der Waals surface area contributed by atoms with Gasteiger partial charge in [0.2, 0.25) is 5.91 Å². The number of carbonyl (C=O) groups excluding carboxylic acids is 1. The van der Waals surface area contributed by atoms with E-state index < -0.39 is 16.6 Å². The molecule has 1 aromatic rings. The Balaban J connectivity index is 2.39. The number of anilines is 2. The van der Waals surface area contributed by atoms with Crippen molar-refractivity contribution in [2.45, 2.75) is 31.9 Å². The molecular formula is C13H19FN2O2S. The normalized spacial score (nSPS) is 12.4. The molecular weight excluding hydrogens is 267 g/mol. The van der Waals surface area contributed by atoms with Crippen LogP contribution >= 0.6 is 0 Å². The van der Waals surface area contributed by atoms with Crippen LogP contribution in [0.4, 0.5) is 15.8 Å². The minimum absolute atomic E-state index is 0.00119. The van der Waals surface area contributed by atoms with E-state index in [2.05, 4.69) is 5.32 Å². The summed E-state index contributed by atoms with van der Waals surface area (Å²) in [5.74, 6) is -0.187. The number of nitrogens with two attached hydrogens (primary N) is 1. The second-order valence-electron chi connectivity index (χ2n) is 4.52. The van der Waals surface area contributed by atoms with Crippen LogP contribution in [-0.2, 0) is 15.6 Å². The van der Waals surface area contributed by atoms with Crippen LogP contribution in [0.15, 0.2) is 18.2 Å². The highest BCUT2D eigenvalue weighted by atomic mass is 32.2. The highest BCUT2D eigenvalue weighted by Gasteiger charge is 2.08. The first-order chi connectivity index (χ1) is 8.90. The van der Waals surface area contributed by atoms with E-state index in [-0.39, 0.29) is 23.3 Å². The zero-order valence-electron chi connectivity index (χ0n) is 11.1. The maximum atomic E-state index is 12.9. The third kappa shape index (κ3) is 5.38. The predicted molar refractivity (Wildman–Crippen MR) is 76.8 cm³/mol. The molecule has 1 unspecified atom stereocenters. The van der Waals surface area contributed by atoms with Crippen LogP contribution in [0.25, 0.3) is 0 Å². The van der Waals surface area contributed by atoms with Gasteiger partial charge in [0, 0.05) is 33.9 Å². The highest BCUT2D eigenvalue weighted by molar-refractivity contribution is 7.85. The van der Waals surface area contributed by atoms with Gasteiger partial charge in [-0.15, -0.1) is 0 Å². The lowest BCUT2D eigenvalue weighted by molar-refractivity contribution is -0.116. The van der Waals surface area contributed by atoms with Crippen molar-refractivity contribution in [3.8, 4) is 0 Å². The number of carbonyl (C=O) groups is 1. The molecule has 0 aromatic heterocycles. The van der Waals surface area contributed by atoms with Crippen molar-refractivity contribution >= 4 is 28.1 Å². The maximum Gasteiger partial charge on any atom is 0.224 e. The van der Waals surface area contributed by atoms with Crippen LogP contribution in [0.1, 0.15) is 26.7 Å². The predicted octanol–water partition coefficient (Wildman–Crippen LogP) is 2.28. The van der Waals surface area contributed by atoms with E-state index in [0.29, 0.717) is 17.9 Å². The van der Waals surface area contributed by atoms with Crippen molar-refractivity contribution in [3.63, 3.8) is 0 Å². The Bertz CT molecular complexity index is 478.